The number of likely N-dealkylation sites (tertiary alicyclic amines) is 1. The quantitative estimate of drug-likeness (QED) is 0.799. The Morgan fingerprint density at radius 1 is 1.44 bits per heavy atom. The van der Waals surface area contributed by atoms with Gasteiger partial charge in [0.2, 0.25) is 0 Å². The molecule has 0 aliphatic carbocycles. The molecule has 18 heavy (non-hydrogen) atoms. The first-order valence-electron chi connectivity index (χ1n) is 6.21. The van der Waals surface area contributed by atoms with E-state index in [0.29, 0.717) is 16.6 Å². The maximum absolute atomic E-state index is 12.4. The van der Waals surface area contributed by atoms with E-state index in [9.17, 15) is 4.79 Å². The number of hydrogen-bond donors (Lipinski definition) is 0. The highest BCUT2D eigenvalue weighted by molar-refractivity contribution is 6.30. The van der Waals surface area contributed by atoms with Crippen molar-refractivity contribution in [2.24, 2.45) is 0 Å². The molecule has 0 spiro atoms. The van der Waals surface area contributed by atoms with E-state index in [4.69, 9.17) is 23.2 Å². The van der Waals surface area contributed by atoms with E-state index in [1.807, 2.05) is 4.90 Å². The van der Waals surface area contributed by atoms with Crippen molar-refractivity contribution in [2.75, 3.05) is 12.4 Å². The number of nitrogens with zero attached hydrogens (tertiary/aromatic N) is 2. The van der Waals surface area contributed by atoms with Crippen molar-refractivity contribution in [3.8, 4) is 0 Å². The number of alkyl halides is 1. The Morgan fingerprint density at radius 2 is 2.28 bits per heavy atom. The van der Waals surface area contributed by atoms with Crippen LogP contribution in [0.1, 0.15) is 36.2 Å². The van der Waals surface area contributed by atoms with E-state index in [2.05, 4.69) is 4.98 Å². The molecule has 1 atom stereocenters. The monoisotopic (exact) mass is 286 g/mol. The summed E-state index contributed by atoms with van der Waals surface area (Å²) in [6.45, 7) is 0.796. The molecule has 1 aliphatic heterocycles. The van der Waals surface area contributed by atoms with Crippen molar-refractivity contribution in [1.29, 1.82) is 0 Å². The second-order valence-corrected chi connectivity index (χ2v) is 5.30. The van der Waals surface area contributed by atoms with Crippen LogP contribution in [-0.4, -0.2) is 34.3 Å². The molecule has 0 N–H and O–H groups in total. The fourth-order valence-corrected chi connectivity index (χ4v) is 2.71. The molecular formula is C13H16Cl2N2O. The summed E-state index contributed by atoms with van der Waals surface area (Å²) in [6, 6.07) is 3.63. The Bertz CT molecular complexity index is 406. The lowest BCUT2D eigenvalue weighted by Crippen LogP contribution is -2.44. The minimum absolute atomic E-state index is 0.0125. The molecule has 0 aromatic carbocycles. The summed E-state index contributed by atoms with van der Waals surface area (Å²) in [7, 11) is 0. The normalized spacial score (nSPS) is 19.9. The molecule has 0 bridgehead atoms. The predicted molar refractivity (Wildman–Crippen MR) is 73.3 cm³/mol. The maximum atomic E-state index is 12.4. The van der Waals surface area contributed by atoms with Crippen LogP contribution in [0.25, 0.3) is 0 Å². The minimum Gasteiger partial charge on any atom is -0.334 e. The van der Waals surface area contributed by atoms with Gasteiger partial charge in [0.1, 0.15) is 5.69 Å². The summed E-state index contributed by atoms with van der Waals surface area (Å²) in [4.78, 5) is 18.4. The van der Waals surface area contributed by atoms with Gasteiger partial charge in [-0.05, 0) is 37.8 Å². The van der Waals surface area contributed by atoms with Gasteiger partial charge in [-0.15, -0.1) is 11.6 Å². The molecule has 98 valence electrons. The van der Waals surface area contributed by atoms with Crippen LogP contribution >= 0.6 is 23.2 Å². The lowest BCUT2D eigenvalue weighted by molar-refractivity contribution is 0.0603. The van der Waals surface area contributed by atoms with E-state index in [1.54, 1.807) is 12.1 Å². The van der Waals surface area contributed by atoms with Gasteiger partial charge >= 0.3 is 0 Å². The Balaban J connectivity index is 2.12. The highest BCUT2D eigenvalue weighted by Gasteiger charge is 2.27. The van der Waals surface area contributed by atoms with Crippen LogP contribution < -0.4 is 0 Å². The first kappa shape index (κ1) is 13.6. The number of amides is 1. The first-order valence-corrected chi connectivity index (χ1v) is 7.12. The Morgan fingerprint density at radius 3 is 2.94 bits per heavy atom. The number of carbonyl (C=O) groups excluding carboxylic acids is 1. The predicted octanol–water partition coefficient (Wildman–Crippen LogP) is 3.36. The van der Waals surface area contributed by atoms with Crippen LogP contribution in [0.15, 0.2) is 18.3 Å². The third-order valence-electron chi connectivity index (χ3n) is 3.28. The zero-order valence-electron chi connectivity index (χ0n) is 10.1. The van der Waals surface area contributed by atoms with Gasteiger partial charge in [-0.2, -0.15) is 0 Å². The average Bonchev–Trinajstić information content (AvgIpc) is 2.40. The molecule has 2 rings (SSSR count). The van der Waals surface area contributed by atoms with Gasteiger partial charge in [0.05, 0.1) is 5.02 Å². The van der Waals surface area contributed by atoms with Crippen LogP contribution in [0.5, 0.6) is 0 Å². The van der Waals surface area contributed by atoms with Crippen LogP contribution in [0, 0.1) is 0 Å². The van der Waals surface area contributed by atoms with Gasteiger partial charge in [0, 0.05) is 24.7 Å². The van der Waals surface area contributed by atoms with Crippen molar-refractivity contribution >= 4 is 29.1 Å². The zero-order chi connectivity index (χ0) is 13.0. The van der Waals surface area contributed by atoms with E-state index < -0.39 is 0 Å². The summed E-state index contributed by atoms with van der Waals surface area (Å²) in [5.41, 5.74) is 0.459. The summed E-state index contributed by atoms with van der Waals surface area (Å²) < 4.78 is 0. The fraction of sp³-hybridized carbons (Fsp3) is 0.538. The molecule has 1 aliphatic rings. The van der Waals surface area contributed by atoms with Crippen LogP contribution in [0.2, 0.25) is 5.02 Å². The molecular weight excluding hydrogens is 271 g/mol. The van der Waals surface area contributed by atoms with Crippen molar-refractivity contribution in [3.63, 3.8) is 0 Å². The van der Waals surface area contributed by atoms with Crippen LogP contribution in [-0.2, 0) is 0 Å². The Labute approximate surface area is 117 Å². The van der Waals surface area contributed by atoms with Crippen molar-refractivity contribution in [2.45, 2.75) is 31.7 Å². The molecule has 1 amide bonds. The number of carbonyl (C=O) groups is 1. The minimum atomic E-state index is -0.0125. The molecule has 3 nitrogen and oxygen atoms in total. The number of rotatable bonds is 3. The number of halogens is 2. The molecule has 1 fully saturated rings. The number of pyridine rings is 1. The number of aromatic nitrogens is 1. The average molecular weight is 287 g/mol. The van der Waals surface area contributed by atoms with Gasteiger partial charge in [0.25, 0.3) is 5.91 Å². The molecule has 1 aromatic heterocycles. The van der Waals surface area contributed by atoms with Crippen molar-refractivity contribution < 1.29 is 4.79 Å². The molecule has 5 heteroatoms. The highest BCUT2D eigenvalue weighted by Crippen LogP contribution is 2.22. The summed E-state index contributed by atoms with van der Waals surface area (Å²) >= 11 is 11.6. The van der Waals surface area contributed by atoms with E-state index in [-0.39, 0.29) is 11.9 Å². The summed E-state index contributed by atoms with van der Waals surface area (Å²) in [6.07, 6.45) is 5.61. The standard InChI is InChI=1S/C13H16Cl2N2O/c14-7-6-11-3-1-2-8-17(11)13(18)12-5-4-10(15)9-16-12/h4-5,9,11H,1-3,6-8H2. The summed E-state index contributed by atoms with van der Waals surface area (Å²) in [5.74, 6) is 0.573. The largest absolute Gasteiger partial charge is 0.334 e. The van der Waals surface area contributed by atoms with E-state index in [1.165, 1.54) is 12.6 Å². The molecule has 1 aromatic rings. The SMILES string of the molecule is O=C(c1ccc(Cl)cn1)N1CCCCC1CCCl. The lowest BCUT2D eigenvalue weighted by atomic mass is 9.99. The first-order chi connectivity index (χ1) is 8.72. The molecule has 2 heterocycles. The van der Waals surface area contributed by atoms with Crippen molar-refractivity contribution in [3.05, 3.63) is 29.0 Å². The van der Waals surface area contributed by atoms with Crippen molar-refractivity contribution in [1.82, 2.24) is 9.88 Å². The number of hydrogen-bond acceptors (Lipinski definition) is 2. The zero-order valence-corrected chi connectivity index (χ0v) is 11.6. The fourth-order valence-electron chi connectivity index (χ4n) is 2.34. The maximum Gasteiger partial charge on any atom is 0.272 e. The molecule has 0 radical (unpaired) electrons. The van der Waals surface area contributed by atoms with Gasteiger partial charge < -0.3 is 4.90 Å². The van der Waals surface area contributed by atoms with Gasteiger partial charge in [0.15, 0.2) is 0 Å². The highest BCUT2D eigenvalue weighted by atomic mass is 35.5. The molecule has 1 unspecified atom stereocenters. The second-order valence-electron chi connectivity index (χ2n) is 4.49. The molecule has 1 saturated heterocycles. The number of piperidine rings is 1. The van der Waals surface area contributed by atoms with Gasteiger partial charge in [-0.25, -0.2) is 4.98 Å². The molecule has 0 saturated carbocycles. The van der Waals surface area contributed by atoms with Gasteiger partial charge in [-0.1, -0.05) is 11.6 Å². The Hall–Kier alpha value is -0.800. The van der Waals surface area contributed by atoms with Crippen LogP contribution in [0.3, 0.4) is 0 Å². The topological polar surface area (TPSA) is 33.2 Å². The smallest absolute Gasteiger partial charge is 0.272 e. The third-order valence-corrected chi connectivity index (χ3v) is 3.72. The second kappa shape index (κ2) is 6.39. The van der Waals surface area contributed by atoms with E-state index >= 15 is 0 Å². The summed E-state index contributed by atoms with van der Waals surface area (Å²) in [5, 5.41) is 0.544. The lowest BCUT2D eigenvalue weighted by Gasteiger charge is -2.35. The van der Waals surface area contributed by atoms with Gasteiger partial charge in [-0.3, -0.25) is 4.79 Å². The van der Waals surface area contributed by atoms with Crippen LogP contribution in [0.4, 0.5) is 0 Å². The third kappa shape index (κ3) is 3.15. The Kier molecular flexibility index (Phi) is 4.84. The van der Waals surface area contributed by atoms with E-state index in [0.717, 1.165) is 25.8 Å².